The van der Waals surface area contributed by atoms with Gasteiger partial charge in [-0.25, -0.2) is 0 Å². The van der Waals surface area contributed by atoms with Crippen molar-refractivity contribution >= 4 is 8.32 Å². The first-order valence-corrected chi connectivity index (χ1v) is 11.4. The van der Waals surface area contributed by atoms with Crippen LogP contribution in [0, 0.1) is 11.8 Å². The van der Waals surface area contributed by atoms with Crippen LogP contribution >= 0.6 is 0 Å². The summed E-state index contributed by atoms with van der Waals surface area (Å²) in [6.45, 7) is 18.8. The van der Waals surface area contributed by atoms with Crippen LogP contribution in [-0.4, -0.2) is 13.9 Å². The van der Waals surface area contributed by atoms with Crippen molar-refractivity contribution in [3.8, 4) is 11.8 Å². The summed E-state index contributed by atoms with van der Waals surface area (Å²) in [5.41, 5.74) is 0.927. The molecule has 0 aliphatic heterocycles. The third-order valence-corrected chi connectivity index (χ3v) is 9.33. The van der Waals surface area contributed by atoms with E-state index in [0.29, 0.717) is 0 Å². The van der Waals surface area contributed by atoms with Gasteiger partial charge in [0.05, 0.1) is 0 Å². The van der Waals surface area contributed by atoms with E-state index in [1.807, 2.05) is 13.0 Å². The molecule has 0 aromatic rings. The van der Waals surface area contributed by atoms with Crippen molar-refractivity contribution in [1.82, 2.24) is 0 Å². The number of allylic oxidation sites excluding steroid dienone is 2. The zero-order valence-corrected chi connectivity index (χ0v) is 16.6. The highest BCUT2D eigenvalue weighted by Gasteiger charge is 2.39. The van der Waals surface area contributed by atoms with Crippen LogP contribution in [0.4, 0.5) is 0 Å². The van der Waals surface area contributed by atoms with Crippen LogP contribution < -0.4 is 0 Å². The predicted molar refractivity (Wildman–Crippen MR) is 103 cm³/mol. The lowest BCUT2D eigenvalue weighted by atomic mass is 9.90. The first-order chi connectivity index (χ1) is 10.4. The predicted octanol–water partition coefficient (Wildman–Crippen LogP) is 6.48. The standard InChI is InChI=1S/C20H36OSi/c1-8-13-14-17-20(16-9-2,18-15-19(6)7)21-22(10-3,11-4)12-5/h8H,1,6,10-15,17-18H2,2-5,7H3. The van der Waals surface area contributed by atoms with Crippen LogP contribution in [0.25, 0.3) is 0 Å². The Morgan fingerprint density at radius 2 is 1.77 bits per heavy atom. The molecule has 0 rings (SSSR count). The van der Waals surface area contributed by atoms with Crippen molar-refractivity contribution in [3.05, 3.63) is 24.8 Å². The monoisotopic (exact) mass is 320 g/mol. The molecular formula is C20H36OSi. The van der Waals surface area contributed by atoms with Gasteiger partial charge in [0, 0.05) is 0 Å². The van der Waals surface area contributed by atoms with Crippen molar-refractivity contribution in [2.24, 2.45) is 0 Å². The zero-order chi connectivity index (χ0) is 17.1. The number of hydrogen-bond donors (Lipinski definition) is 0. The van der Waals surface area contributed by atoms with Crippen molar-refractivity contribution in [3.63, 3.8) is 0 Å². The normalized spacial score (nSPS) is 13.9. The minimum absolute atomic E-state index is 0.287. The summed E-state index contributed by atoms with van der Waals surface area (Å²) >= 11 is 0. The van der Waals surface area contributed by atoms with Crippen LogP contribution in [0.5, 0.6) is 0 Å². The van der Waals surface area contributed by atoms with Gasteiger partial charge in [-0.2, -0.15) is 0 Å². The zero-order valence-electron chi connectivity index (χ0n) is 15.6. The second kappa shape index (κ2) is 10.9. The lowest BCUT2D eigenvalue weighted by Crippen LogP contribution is -2.47. The average Bonchev–Trinajstić information content (AvgIpc) is 2.51. The minimum Gasteiger partial charge on any atom is -0.401 e. The molecule has 0 saturated heterocycles. The first-order valence-electron chi connectivity index (χ1n) is 8.82. The summed E-state index contributed by atoms with van der Waals surface area (Å²) in [5.74, 6) is 6.60. The Labute approximate surface area is 140 Å². The summed E-state index contributed by atoms with van der Waals surface area (Å²) in [6.07, 6.45) is 7.08. The van der Waals surface area contributed by atoms with Gasteiger partial charge < -0.3 is 4.43 Å². The molecule has 0 radical (unpaired) electrons. The van der Waals surface area contributed by atoms with Crippen molar-refractivity contribution in [2.75, 3.05) is 0 Å². The van der Waals surface area contributed by atoms with Crippen LogP contribution in [-0.2, 0) is 4.43 Å². The topological polar surface area (TPSA) is 9.23 Å². The lowest BCUT2D eigenvalue weighted by molar-refractivity contribution is 0.0948. The molecule has 0 aromatic heterocycles. The molecule has 1 atom stereocenters. The molecule has 22 heavy (non-hydrogen) atoms. The summed E-state index contributed by atoms with van der Waals surface area (Å²) < 4.78 is 6.90. The molecule has 2 heteroatoms. The SMILES string of the molecule is C=CCCCC(C#CC)(CCC(=C)C)O[Si](CC)(CC)CC. The molecule has 0 saturated carbocycles. The Kier molecular flexibility index (Phi) is 10.5. The molecule has 0 aliphatic carbocycles. The fraction of sp³-hybridized carbons (Fsp3) is 0.700. The van der Waals surface area contributed by atoms with Crippen LogP contribution in [0.3, 0.4) is 0 Å². The maximum atomic E-state index is 6.90. The number of unbranched alkanes of at least 4 members (excludes halogenated alkanes) is 1. The molecule has 0 fully saturated rings. The van der Waals surface area contributed by atoms with E-state index in [4.69, 9.17) is 4.43 Å². The van der Waals surface area contributed by atoms with Gasteiger partial charge in [0.15, 0.2) is 8.32 Å². The Morgan fingerprint density at radius 1 is 1.18 bits per heavy atom. The van der Waals surface area contributed by atoms with Gasteiger partial charge in [0.1, 0.15) is 5.60 Å². The Balaban J connectivity index is 5.41. The maximum Gasteiger partial charge on any atom is 0.194 e. The molecular weight excluding hydrogens is 284 g/mol. The van der Waals surface area contributed by atoms with Gasteiger partial charge in [0.2, 0.25) is 0 Å². The quantitative estimate of drug-likeness (QED) is 0.173. The van der Waals surface area contributed by atoms with Gasteiger partial charge in [-0.15, -0.1) is 19.1 Å². The highest BCUT2D eigenvalue weighted by Crippen LogP contribution is 2.34. The van der Waals surface area contributed by atoms with Gasteiger partial charge in [-0.05, 0) is 64.1 Å². The van der Waals surface area contributed by atoms with E-state index < -0.39 is 8.32 Å². The van der Waals surface area contributed by atoms with Gasteiger partial charge in [0.25, 0.3) is 0 Å². The molecule has 0 amide bonds. The van der Waals surface area contributed by atoms with Gasteiger partial charge >= 0.3 is 0 Å². The molecule has 0 bridgehead atoms. The smallest absolute Gasteiger partial charge is 0.194 e. The van der Waals surface area contributed by atoms with Gasteiger partial charge in [-0.1, -0.05) is 38.3 Å². The number of rotatable bonds is 12. The van der Waals surface area contributed by atoms with E-state index in [2.05, 4.69) is 52.7 Å². The second-order valence-corrected chi connectivity index (χ2v) is 11.0. The third-order valence-electron chi connectivity index (χ3n) is 4.64. The Bertz CT molecular complexity index is 389. The summed E-state index contributed by atoms with van der Waals surface area (Å²) in [5, 5.41) is 0. The molecule has 1 nitrogen and oxygen atoms in total. The molecule has 0 spiro atoms. The summed E-state index contributed by atoms with van der Waals surface area (Å²) in [6, 6.07) is 3.50. The summed E-state index contributed by atoms with van der Waals surface area (Å²) in [4.78, 5) is 0. The summed E-state index contributed by atoms with van der Waals surface area (Å²) in [7, 11) is -1.68. The molecule has 126 valence electrons. The van der Waals surface area contributed by atoms with E-state index in [-0.39, 0.29) is 5.60 Å². The van der Waals surface area contributed by atoms with Gasteiger partial charge in [-0.3, -0.25) is 0 Å². The second-order valence-electron chi connectivity index (χ2n) is 6.35. The fourth-order valence-corrected chi connectivity index (χ4v) is 5.95. The number of hydrogen-bond acceptors (Lipinski definition) is 1. The fourth-order valence-electron chi connectivity index (χ4n) is 2.93. The molecule has 0 aliphatic rings. The van der Waals surface area contributed by atoms with Crippen LogP contribution in [0.1, 0.15) is 66.7 Å². The van der Waals surface area contributed by atoms with Crippen molar-refractivity contribution in [1.29, 1.82) is 0 Å². The third kappa shape index (κ3) is 6.98. The Hall–Kier alpha value is -0.783. The van der Waals surface area contributed by atoms with Crippen molar-refractivity contribution in [2.45, 2.75) is 90.5 Å². The van der Waals surface area contributed by atoms with Crippen LogP contribution in [0.2, 0.25) is 18.1 Å². The van der Waals surface area contributed by atoms with E-state index in [1.54, 1.807) is 0 Å². The Morgan fingerprint density at radius 3 is 2.18 bits per heavy atom. The molecule has 0 N–H and O–H groups in total. The highest BCUT2D eigenvalue weighted by atomic mass is 28.4. The van der Waals surface area contributed by atoms with Crippen LogP contribution in [0.15, 0.2) is 24.8 Å². The first kappa shape index (κ1) is 21.2. The molecule has 0 heterocycles. The average molecular weight is 321 g/mol. The minimum atomic E-state index is -1.68. The van der Waals surface area contributed by atoms with E-state index in [9.17, 15) is 0 Å². The van der Waals surface area contributed by atoms with E-state index in [0.717, 1.165) is 32.1 Å². The highest BCUT2D eigenvalue weighted by molar-refractivity contribution is 6.73. The molecule has 0 aromatic carbocycles. The largest absolute Gasteiger partial charge is 0.401 e. The van der Waals surface area contributed by atoms with E-state index >= 15 is 0 Å². The lowest BCUT2D eigenvalue weighted by Gasteiger charge is -2.40. The van der Waals surface area contributed by atoms with Crippen molar-refractivity contribution < 1.29 is 4.43 Å². The van der Waals surface area contributed by atoms with E-state index in [1.165, 1.54) is 23.7 Å². The molecule has 1 unspecified atom stereocenters. The maximum absolute atomic E-state index is 6.90.